The summed E-state index contributed by atoms with van der Waals surface area (Å²) in [6.07, 6.45) is 2.62. The summed E-state index contributed by atoms with van der Waals surface area (Å²) < 4.78 is 5.84. The van der Waals surface area contributed by atoms with Crippen LogP contribution in [0.3, 0.4) is 0 Å². The third-order valence-electron chi connectivity index (χ3n) is 3.28. The van der Waals surface area contributed by atoms with Crippen molar-refractivity contribution in [1.29, 1.82) is 0 Å². The summed E-state index contributed by atoms with van der Waals surface area (Å²) in [5.41, 5.74) is 2.86. The molecule has 1 N–H and O–H groups in total. The average Bonchev–Trinajstić information content (AvgIpc) is 2.96. The number of benzene rings is 1. The zero-order chi connectivity index (χ0) is 9.60. The molecule has 3 rings (SSSR count). The van der Waals surface area contributed by atoms with Crippen molar-refractivity contribution in [3.63, 3.8) is 0 Å². The van der Waals surface area contributed by atoms with Crippen molar-refractivity contribution in [2.45, 2.75) is 19.8 Å². The van der Waals surface area contributed by atoms with Crippen molar-refractivity contribution in [2.75, 3.05) is 18.5 Å². The van der Waals surface area contributed by atoms with E-state index >= 15 is 0 Å². The van der Waals surface area contributed by atoms with Gasteiger partial charge in [-0.3, -0.25) is 0 Å². The van der Waals surface area contributed by atoms with Crippen LogP contribution in [0.15, 0.2) is 18.2 Å². The maximum atomic E-state index is 5.84. The van der Waals surface area contributed by atoms with E-state index in [2.05, 4.69) is 30.4 Å². The van der Waals surface area contributed by atoms with E-state index in [1.54, 1.807) is 0 Å². The molecule has 0 unspecified atom stereocenters. The lowest BCUT2D eigenvalue weighted by atomic mass is 10.1. The van der Waals surface area contributed by atoms with Crippen LogP contribution >= 0.6 is 0 Å². The van der Waals surface area contributed by atoms with E-state index in [-0.39, 0.29) is 0 Å². The highest BCUT2D eigenvalue weighted by atomic mass is 16.5. The molecule has 1 aromatic rings. The molecular formula is C12H15NO. The Morgan fingerprint density at radius 2 is 2.21 bits per heavy atom. The lowest BCUT2D eigenvalue weighted by Gasteiger charge is -2.09. The predicted octanol–water partition coefficient (Wildman–Crippen LogP) is 2.58. The van der Waals surface area contributed by atoms with Gasteiger partial charge in [0.25, 0.3) is 0 Å². The number of ether oxygens (including phenoxy) is 1. The number of fused-ring (bicyclic) bond motifs is 1. The van der Waals surface area contributed by atoms with Gasteiger partial charge in [0.2, 0.25) is 0 Å². The molecule has 1 spiro atoms. The van der Waals surface area contributed by atoms with E-state index < -0.39 is 0 Å². The van der Waals surface area contributed by atoms with Crippen LogP contribution in [0, 0.1) is 12.3 Å². The maximum absolute atomic E-state index is 5.84. The van der Waals surface area contributed by atoms with Crippen LogP contribution < -0.4 is 10.1 Å². The van der Waals surface area contributed by atoms with Crippen LogP contribution in [0.1, 0.15) is 18.4 Å². The van der Waals surface area contributed by atoms with Gasteiger partial charge in [-0.15, -0.1) is 0 Å². The van der Waals surface area contributed by atoms with E-state index in [1.807, 2.05) is 0 Å². The highest BCUT2D eigenvalue weighted by molar-refractivity contribution is 5.58. The van der Waals surface area contributed by atoms with Crippen LogP contribution in [-0.4, -0.2) is 13.2 Å². The van der Waals surface area contributed by atoms with Crippen LogP contribution in [-0.2, 0) is 0 Å². The molecule has 0 atom stereocenters. The Labute approximate surface area is 84.3 Å². The fourth-order valence-corrected chi connectivity index (χ4v) is 1.96. The number of rotatable bonds is 0. The smallest absolute Gasteiger partial charge is 0.142 e. The normalized spacial score (nSPS) is 21.8. The lowest BCUT2D eigenvalue weighted by molar-refractivity contribution is 0.251. The maximum Gasteiger partial charge on any atom is 0.142 e. The quantitative estimate of drug-likeness (QED) is 0.677. The van der Waals surface area contributed by atoms with E-state index in [1.165, 1.54) is 18.4 Å². The third kappa shape index (κ3) is 1.26. The van der Waals surface area contributed by atoms with E-state index in [9.17, 15) is 0 Å². The fraction of sp³-hybridized carbons (Fsp3) is 0.500. The zero-order valence-electron chi connectivity index (χ0n) is 8.47. The number of hydrogen-bond donors (Lipinski definition) is 1. The van der Waals surface area contributed by atoms with Crippen molar-refractivity contribution in [3.8, 4) is 5.75 Å². The molecule has 2 aliphatic rings. The summed E-state index contributed by atoms with van der Waals surface area (Å²) in [4.78, 5) is 0. The molecule has 1 aliphatic heterocycles. The van der Waals surface area contributed by atoms with Crippen molar-refractivity contribution < 1.29 is 4.74 Å². The second-order valence-electron chi connectivity index (χ2n) is 4.64. The molecule has 0 radical (unpaired) electrons. The Hall–Kier alpha value is -1.18. The topological polar surface area (TPSA) is 21.3 Å². The molecule has 0 amide bonds. The second-order valence-corrected chi connectivity index (χ2v) is 4.64. The van der Waals surface area contributed by atoms with Crippen LogP contribution in [0.2, 0.25) is 0 Å². The Morgan fingerprint density at radius 1 is 1.36 bits per heavy atom. The zero-order valence-corrected chi connectivity index (χ0v) is 8.47. The highest BCUT2D eigenvalue weighted by Gasteiger charge is 2.44. The van der Waals surface area contributed by atoms with Crippen molar-refractivity contribution in [1.82, 2.24) is 0 Å². The molecule has 1 aliphatic carbocycles. The molecule has 2 heteroatoms. The molecule has 1 fully saturated rings. The summed E-state index contributed by atoms with van der Waals surface area (Å²) in [7, 11) is 0. The number of nitrogens with one attached hydrogen (secondary N) is 1. The molecule has 0 saturated heterocycles. The molecular weight excluding hydrogens is 174 g/mol. The monoisotopic (exact) mass is 189 g/mol. The van der Waals surface area contributed by atoms with Crippen molar-refractivity contribution >= 4 is 5.69 Å². The van der Waals surface area contributed by atoms with Gasteiger partial charge in [-0.1, -0.05) is 6.07 Å². The van der Waals surface area contributed by atoms with Crippen LogP contribution in [0.25, 0.3) is 0 Å². The fourth-order valence-electron chi connectivity index (χ4n) is 1.96. The van der Waals surface area contributed by atoms with Gasteiger partial charge in [-0.05, 0) is 37.5 Å². The van der Waals surface area contributed by atoms with E-state index in [4.69, 9.17) is 4.74 Å². The minimum absolute atomic E-state index is 0.451. The van der Waals surface area contributed by atoms with Gasteiger partial charge >= 0.3 is 0 Å². The highest BCUT2D eigenvalue weighted by Crippen LogP contribution is 2.48. The summed E-state index contributed by atoms with van der Waals surface area (Å²) in [5, 5.41) is 3.48. The van der Waals surface area contributed by atoms with Gasteiger partial charge in [-0.25, -0.2) is 0 Å². The largest absolute Gasteiger partial charge is 0.491 e. The second kappa shape index (κ2) is 2.66. The first-order chi connectivity index (χ1) is 6.77. The van der Waals surface area contributed by atoms with Gasteiger partial charge in [0.15, 0.2) is 0 Å². The van der Waals surface area contributed by atoms with Gasteiger partial charge in [0.1, 0.15) is 5.75 Å². The first-order valence-electron chi connectivity index (χ1n) is 5.25. The average molecular weight is 189 g/mol. The summed E-state index contributed by atoms with van der Waals surface area (Å²) >= 11 is 0. The molecule has 0 bridgehead atoms. The lowest BCUT2D eigenvalue weighted by Crippen LogP contribution is -2.18. The minimum Gasteiger partial charge on any atom is -0.491 e. The molecule has 1 saturated carbocycles. The predicted molar refractivity (Wildman–Crippen MR) is 56.8 cm³/mol. The van der Waals surface area contributed by atoms with Crippen LogP contribution in [0.4, 0.5) is 5.69 Å². The van der Waals surface area contributed by atoms with E-state index in [0.717, 1.165) is 24.6 Å². The number of hydrogen-bond acceptors (Lipinski definition) is 2. The minimum atomic E-state index is 0.451. The SMILES string of the molecule is Cc1ccc2c(c1)OCC1(CC1)CN2. The van der Waals surface area contributed by atoms with Crippen molar-refractivity contribution in [3.05, 3.63) is 23.8 Å². The van der Waals surface area contributed by atoms with Gasteiger partial charge < -0.3 is 10.1 Å². The molecule has 1 aromatic carbocycles. The van der Waals surface area contributed by atoms with Crippen LogP contribution in [0.5, 0.6) is 5.75 Å². The molecule has 14 heavy (non-hydrogen) atoms. The first kappa shape index (κ1) is 8.16. The first-order valence-corrected chi connectivity index (χ1v) is 5.25. The molecule has 2 nitrogen and oxygen atoms in total. The Balaban J connectivity index is 1.93. The number of anilines is 1. The molecule has 74 valence electrons. The standard InChI is InChI=1S/C12H15NO/c1-9-2-3-10-11(6-9)14-8-12(4-5-12)7-13-10/h2-3,6,13H,4-5,7-8H2,1H3. The third-order valence-corrected chi connectivity index (χ3v) is 3.28. The molecule has 1 heterocycles. The van der Waals surface area contributed by atoms with Gasteiger partial charge in [0.05, 0.1) is 12.3 Å². The van der Waals surface area contributed by atoms with Crippen molar-refractivity contribution in [2.24, 2.45) is 5.41 Å². The summed E-state index contributed by atoms with van der Waals surface area (Å²) in [6.45, 7) is 4.06. The Morgan fingerprint density at radius 3 is 3.00 bits per heavy atom. The molecule has 0 aromatic heterocycles. The van der Waals surface area contributed by atoms with Gasteiger partial charge in [0, 0.05) is 12.0 Å². The Kier molecular flexibility index (Phi) is 1.55. The van der Waals surface area contributed by atoms with Gasteiger partial charge in [-0.2, -0.15) is 0 Å². The van der Waals surface area contributed by atoms with E-state index in [0.29, 0.717) is 5.41 Å². The number of aryl methyl sites for hydroxylation is 1. The summed E-state index contributed by atoms with van der Waals surface area (Å²) in [5.74, 6) is 1.02. The Bertz CT molecular complexity index is 369. The summed E-state index contributed by atoms with van der Waals surface area (Å²) in [6, 6.07) is 6.36.